The van der Waals surface area contributed by atoms with E-state index >= 15 is 0 Å². The van der Waals surface area contributed by atoms with E-state index < -0.39 is 11.8 Å². The number of hydrogen-bond donors (Lipinski definition) is 0. The van der Waals surface area contributed by atoms with Crippen molar-refractivity contribution in [3.05, 3.63) is 34.1 Å². The number of fused-ring (bicyclic) bond motifs is 1. The fraction of sp³-hybridized carbons (Fsp3) is 0.333. The van der Waals surface area contributed by atoms with E-state index in [0.29, 0.717) is 10.7 Å². The van der Waals surface area contributed by atoms with E-state index in [0.717, 1.165) is 11.6 Å². The van der Waals surface area contributed by atoms with E-state index in [2.05, 4.69) is 9.97 Å². The van der Waals surface area contributed by atoms with Gasteiger partial charge in [0.1, 0.15) is 5.52 Å². The van der Waals surface area contributed by atoms with Crippen molar-refractivity contribution in [2.45, 2.75) is 27.7 Å². The Hall–Kier alpha value is -1.29. The molecule has 0 amide bonds. The van der Waals surface area contributed by atoms with Crippen molar-refractivity contribution in [1.82, 2.24) is 9.97 Å². The highest BCUT2D eigenvalue weighted by molar-refractivity contribution is 6.35. The summed E-state index contributed by atoms with van der Waals surface area (Å²) >= 11 is 5.96. The van der Waals surface area contributed by atoms with E-state index in [1.165, 1.54) is 0 Å². The lowest BCUT2D eigenvalue weighted by Crippen LogP contribution is -1.97. The summed E-state index contributed by atoms with van der Waals surface area (Å²) < 4.78 is 25.8. The van der Waals surface area contributed by atoms with E-state index in [1.54, 1.807) is 13.8 Å². The Morgan fingerprint density at radius 1 is 1.12 bits per heavy atom. The molecule has 2 nitrogen and oxygen atoms in total. The van der Waals surface area contributed by atoms with Crippen molar-refractivity contribution in [2.75, 3.05) is 0 Å². The molecule has 2 rings (SSSR count). The fourth-order valence-electron chi connectivity index (χ4n) is 1.30. The highest BCUT2D eigenvalue weighted by Crippen LogP contribution is 2.26. The molecule has 0 aliphatic carbocycles. The maximum absolute atomic E-state index is 12.9. The topological polar surface area (TPSA) is 25.8 Å². The summed E-state index contributed by atoms with van der Waals surface area (Å²) in [6.07, 6.45) is 0. The third kappa shape index (κ3) is 2.52. The molecule has 2 aromatic heterocycles. The molecule has 0 aliphatic heterocycles. The quantitative estimate of drug-likeness (QED) is 0.662. The number of pyridine rings is 2. The molecule has 0 atom stereocenters. The van der Waals surface area contributed by atoms with Crippen molar-refractivity contribution in [3.63, 3.8) is 0 Å². The first-order chi connectivity index (χ1) is 8.00. The zero-order chi connectivity index (χ0) is 13.2. The van der Waals surface area contributed by atoms with Gasteiger partial charge < -0.3 is 0 Å². The van der Waals surface area contributed by atoms with Gasteiger partial charge in [-0.3, -0.25) is 4.98 Å². The first kappa shape index (κ1) is 13.8. The lowest BCUT2D eigenvalue weighted by atomic mass is 10.2. The summed E-state index contributed by atoms with van der Waals surface area (Å²) in [5.74, 6) is -2.18. The molecule has 0 radical (unpaired) electrons. The van der Waals surface area contributed by atoms with Gasteiger partial charge in [0, 0.05) is 11.8 Å². The van der Waals surface area contributed by atoms with Crippen LogP contribution in [0.2, 0.25) is 5.02 Å². The molecule has 2 aromatic rings. The largest absolute Gasteiger partial charge is 0.251 e. The van der Waals surface area contributed by atoms with Gasteiger partial charge in [0.2, 0.25) is 5.95 Å². The van der Waals surface area contributed by atoms with Crippen LogP contribution in [0.15, 0.2) is 6.07 Å². The lowest BCUT2D eigenvalue weighted by molar-refractivity contribution is 0.483. The summed E-state index contributed by atoms with van der Waals surface area (Å²) in [6, 6.07) is 0.996. The molecular formula is C12H13ClF2N2. The summed E-state index contributed by atoms with van der Waals surface area (Å²) in [5.41, 5.74) is 1.86. The second-order valence-corrected chi connectivity index (χ2v) is 3.64. The molecule has 5 heteroatoms. The van der Waals surface area contributed by atoms with Gasteiger partial charge in [-0.25, -0.2) is 9.37 Å². The molecule has 17 heavy (non-hydrogen) atoms. The number of aromatic nitrogens is 2. The minimum Gasteiger partial charge on any atom is -0.251 e. The van der Waals surface area contributed by atoms with Crippen LogP contribution in [0.3, 0.4) is 0 Å². The van der Waals surface area contributed by atoms with Gasteiger partial charge in [-0.05, 0) is 19.4 Å². The maximum Gasteiger partial charge on any atom is 0.249 e. The number of aryl methyl sites for hydroxylation is 1. The first-order valence-corrected chi connectivity index (χ1v) is 5.67. The van der Waals surface area contributed by atoms with Crippen LogP contribution in [0, 0.1) is 25.6 Å². The minimum atomic E-state index is -1.16. The molecule has 92 valence electrons. The summed E-state index contributed by atoms with van der Waals surface area (Å²) in [6.45, 7) is 7.51. The van der Waals surface area contributed by atoms with Crippen LogP contribution in [0.1, 0.15) is 25.1 Å². The van der Waals surface area contributed by atoms with Crippen LogP contribution in [-0.4, -0.2) is 9.97 Å². The predicted molar refractivity (Wildman–Crippen MR) is 65.3 cm³/mol. The van der Waals surface area contributed by atoms with Crippen molar-refractivity contribution in [2.24, 2.45) is 0 Å². The molecule has 0 fully saturated rings. The average molecular weight is 259 g/mol. The second-order valence-electron chi connectivity index (χ2n) is 3.26. The minimum absolute atomic E-state index is 0.193. The van der Waals surface area contributed by atoms with Crippen LogP contribution in [0.4, 0.5) is 8.78 Å². The molecule has 0 bridgehead atoms. The second kappa shape index (κ2) is 5.36. The predicted octanol–water partition coefficient (Wildman–Crippen LogP) is 4.20. The standard InChI is InChI=1S/C10H7ClF2N2.C2H6/c1-4-5(2)14-7-3-6(12)10(13)15-9(7)8(4)11;1-2/h3H,1-2H3;1-2H3. The Bertz CT molecular complexity index is 551. The number of hydrogen-bond acceptors (Lipinski definition) is 2. The monoisotopic (exact) mass is 258 g/mol. The molecule has 0 saturated heterocycles. The molecule has 2 heterocycles. The number of rotatable bonds is 0. The normalized spacial score (nSPS) is 10.1. The van der Waals surface area contributed by atoms with Crippen LogP contribution < -0.4 is 0 Å². The van der Waals surface area contributed by atoms with Gasteiger partial charge in [0.15, 0.2) is 5.82 Å². The Kier molecular flexibility index (Phi) is 4.34. The highest BCUT2D eigenvalue weighted by Gasteiger charge is 2.12. The smallest absolute Gasteiger partial charge is 0.249 e. The lowest BCUT2D eigenvalue weighted by Gasteiger charge is -2.06. The Morgan fingerprint density at radius 2 is 1.71 bits per heavy atom. The van der Waals surface area contributed by atoms with Gasteiger partial charge in [-0.15, -0.1) is 0 Å². The summed E-state index contributed by atoms with van der Waals surface area (Å²) in [5, 5.41) is 0.316. The fourth-order valence-corrected chi connectivity index (χ4v) is 1.58. The van der Waals surface area contributed by atoms with Crippen molar-refractivity contribution >= 4 is 22.6 Å². The first-order valence-electron chi connectivity index (χ1n) is 5.29. The van der Waals surface area contributed by atoms with E-state index in [9.17, 15) is 8.78 Å². The third-order valence-corrected chi connectivity index (χ3v) is 2.74. The van der Waals surface area contributed by atoms with E-state index in [1.807, 2.05) is 13.8 Å². The van der Waals surface area contributed by atoms with Gasteiger partial charge in [-0.2, -0.15) is 4.39 Å². The summed E-state index contributed by atoms with van der Waals surface area (Å²) in [7, 11) is 0. The van der Waals surface area contributed by atoms with Gasteiger partial charge in [0.25, 0.3) is 0 Å². The van der Waals surface area contributed by atoms with Crippen LogP contribution in [-0.2, 0) is 0 Å². The van der Waals surface area contributed by atoms with Gasteiger partial charge in [0.05, 0.1) is 10.5 Å². The molecule has 0 aromatic carbocycles. The number of halogens is 3. The van der Waals surface area contributed by atoms with E-state index in [4.69, 9.17) is 11.6 Å². The Labute approximate surface area is 104 Å². The molecule has 0 aliphatic rings. The van der Waals surface area contributed by atoms with Gasteiger partial charge in [-0.1, -0.05) is 25.4 Å². The van der Waals surface area contributed by atoms with Crippen LogP contribution >= 0.6 is 11.6 Å². The van der Waals surface area contributed by atoms with E-state index in [-0.39, 0.29) is 11.0 Å². The van der Waals surface area contributed by atoms with Crippen LogP contribution in [0.5, 0.6) is 0 Å². The molecule has 0 unspecified atom stereocenters. The molecular weight excluding hydrogens is 246 g/mol. The van der Waals surface area contributed by atoms with Crippen molar-refractivity contribution < 1.29 is 8.78 Å². The third-order valence-electron chi connectivity index (χ3n) is 2.28. The van der Waals surface area contributed by atoms with Crippen molar-refractivity contribution in [1.29, 1.82) is 0 Å². The zero-order valence-corrected chi connectivity index (χ0v) is 10.9. The molecule has 0 N–H and O–H groups in total. The van der Waals surface area contributed by atoms with Crippen molar-refractivity contribution in [3.8, 4) is 0 Å². The summed E-state index contributed by atoms with van der Waals surface area (Å²) in [4.78, 5) is 7.52. The maximum atomic E-state index is 12.9. The average Bonchev–Trinajstić information content (AvgIpc) is 2.32. The van der Waals surface area contributed by atoms with Gasteiger partial charge >= 0.3 is 0 Å². The van der Waals surface area contributed by atoms with Crippen LogP contribution in [0.25, 0.3) is 11.0 Å². The SMILES string of the molecule is CC.Cc1nc2cc(F)c(F)nc2c(Cl)c1C. The molecule has 0 spiro atoms. The zero-order valence-electron chi connectivity index (χ0n) is 10.1. The Balaban J connectivity index is 0.000000686. The highest BCUT2D eigenvalue weighted by atomic mass is 35.5. The molecule has 0 saturated carbocycles. The number of nitrogens with zero attached hydrogens (tertiary/aromatic N) is 2. The Morgan fingerprint density at radius 3 is 2.29 bits per heavy atom.